The van der Waals surface area contributed by atoms with Crippen molar-refractivity contribution in [2.75, 3.05) is 5.75 Å². The number of hydrogen-bond donors (Lipinski definition) is 1. The van der Waals surface area contributed by atoms with Gasteiger partial charge in [0.25, 0.3) is 0 Å². The van der Waals surface area contributed by atoms with E-state index in [-0.39, 0.29) is 11.5 Å². The number of aromatic nitrogens is 1. The maximum Gasteiger partial charge on any atom is 0.154 e. The van der Waals surface area contributed by atoms with Crippen molar-refractivity contribution in [3.05, 3.63) is 35.0 Å². The molecule has 0 unspecified atom stereocenters. The van der Waals surface area contributed by atoms with E-state index in [4.69, 9.17) is 11.6 Å². The van der Waals surface area contributed by atoms with Crippen LogP contribution in [-0.2, 0) is 15.6 Å². The van der Waals surface area contributed by atoms with Gasteiger partial charge in [0, 0.05) is 22.9 Å². The lowest BCUT2D eigenvalue weighted by atomic mass is 10.2. The second-order valence-corrected chi connectivity index (χ2v) is 6.41. The van der Waals surface area contributed by atoms with Crippen molar-refractivity contribution in [1.29, 1.82) is 0 Å². The Hall–Kier alpha value is -1.00. The van der Waals surface area contributed by atoms with Gasteiger partial charge in [0.05, 0.1) is 10.8 Å². The van der Waals surface area contributed by atoms with Gasteiger partial charge in [-0.2, -0.15) is 0 Å². The van der Waals surface area contributed by atoms with Crippen LogP contribution in [0.1, 0.15) is 12.5 Å². The lowest BCUT2D eigenvalue weighted by molar-refractivity contribution is 0.596. The van der Waals surface area contributed by atoms with Crippen molar-refractivity contribution < 1.29 is 8.42 Å². The average Bonchev–Trinajstić information content (AvgIpc) is 2.62. The number of rotatable bonds is 3. The molecular formula is C11H12ClNO2S. The first-order valence-electron chi connectivity index (χ1n) is 4.98. The summed E-state index contributed by atoms with van der Waals surface area (Å²) in [5, 5.41) is 1.39. The number of fused-ring (bicyclic) bond motifs is 1. The molecule has 1 N–H and O–H groups in total. The van der Waals surface area contributed by atoms with E-state index in [1.165, 1.54) is 0 Å². The minimum atomic E-state index is -3.03. The highest BCUT2D eigenvalue weighted by Crippen LogP contribution is 2.27. The summed E-state index contributed by atoms with van der Waals surface area (Å²) in [6.07, 6.45) is 1.71. The second kappa shape index (κ2) is 4.11. The number of aromatic amines is 1. The fraction of sp³-hybridized carbons (Fsp3) is 0.273. The van der Waals surface area contributed by atoms with E-state index in [2.05, 4.69) is 4.98 Å². The highest BCUT2D eigenvalue weighted by atomic mass is 35.5. The number of H-pyrrole nitrogens is 1. The summed E-state index contributed by atoms with van der Waals surface area (Å²) < 4.78 is 23.1. The van der Waals surface area contributed by atoms with Crippen molar-refractivity contribution in [2.24, 2.45) is 0 Å². The Morgan fingerprint density at radius 1 is 1.38 bits per heavy atom. The van der Waals surface area contributed by atoms with E-state index in [1.807, 2.05) is 12.1 Å². The van der Waals surface area contributed by atoms with Crippen LogP contribution in [0, 0.1) is 0 Å². The molecule has 0 spiro atoms. The molecule has 0 amide bonds. The average molecular weight is 258 g/mol. The quantitative estimate of drug-likeness (QED) is 0.919. The zero-order chi connectivity index (χ0) is 11.8. The molecule has 1 aromatic carbocycles. The lowest BCUT2D eigenvalue weighted by Crippen LogP contribution is -2.06. The van der Waals surface area contributed by atoms with Gasteiger partial charge in [-0.1, -0.05) is 24.6 Å². The summed E-state index contributed by atoms with van der Waals surface area (Å²) in [6.45, 7) is 1.64. The van der Waals surface area contributed by atoms with Crippen molar-refractivity contribution in [3.63, 3.8) is 0 Å². The molecule has 0 aliphatic heterocycles. The topological polar surface area (TPSA) is 49.9 Å². The monoisotopic (exact) mass is 257 g/mol. The molecule has 0 bridgehead atoms. The first-order valence-corrected chi connectivity index (χ1v) is 7.18. The van der Waals surface area contributed by atoms with Gasteiger partial charge < -0.3 is 4.98 Å². The van der Waals surface area contributed by atoms with Gasteiger partial charge in [0.1, 0.15) is 0 Å². The van der Waals surface area contributed by atoms with E-state index >= 15 is 0 Å². The van der Waals surface area contributed by atoms with Gasteiger partial charge in [0.15, 0.2) is 9.84 Å². The van der Waals surface area contributed by atoms with Gasteiger partial charge >= 0.3 is 0 Å². The fourth-order valence-electron chi connectivity index (χ4n) is 1.66. The lowest BCUT2D eigenvalue weighted by Gasteiger charge is -2.01. The molecule has 5 heteroatoms. The van der Waals surface area contributed by atoms with Crippen LogP contribution < -0.4 is 0 Å². The summed E-state index contributed by atoms with van der Waals surface area (Å²) in [5.74, 6) is 0.178. The normalized spacial score (nSPS) is 12.1. The predicted octanol–water partition coefficient (Wildman–Crippen LogP) is 2.76. The van der Waals surface area contributed by atoms with Crippen LogP contribution in [0.4, 0.5) is 0 Å². The summed E-state index contributed by atoms with van der Waals surface area (Å²) in [6, 6.07) is 5.47. The first-order chi connectivity index (χ1) is 7.53. The molecule has 0 saturated carbocycles. The highest BCUT2D eigenvalue weighted by molar-refractivity contribution is 7.90. The maximum absolute atomic E-state index is 11.6. The van der Waals surface area contributed by atoms with Crippen LogP contribution in [0.5, 0.6) is 0 Å². The van der Waals surface area contributed by atoms with E-state index in [0.29, 0.717) is 5.02 Å². The Kier molecular flexibility index (Phi) is 2.95. The first kappa shape index (κ1) is 11.5. The number of halogens is 1. The van der Waals surface area contributed by atoms with E-state index in [9.17, 15) is 8.42 Å². The van der Waals surface area contributed by atoms with Crippen LogP contribution in [0.15, 0.2) is 24.4 Å². The van der Waals surface area contributed by atoms with E-state index in [0.717, 1.165) is 16.5 Å². The predicted molar refractivity (Wildman–Crippen MR) is 66.5 cm³/mol. The Morgan fingerprint density at radius 2 is 2.12 bits per heavy atom. The Morgan fingerprint density at radius 3 is 2.81 bits per heavy atom. The fourth-order valence-corrected chi connectivity index (χ4v) is 2.86. The maximum atomic E-state index is 11.6. The zero-order valence-electron chi connectivity index (χ0n) is 8.83. The van der Waals surface area contributed by atoms with Gasteiger partial charge in [-0.3, -0.25) is 0 Å². The molecule has 16 heavy (non-hydrogen) atoms. The Labute approximate surface area is 99.3 Å². The van der Waals surface area contributed by atoms with E-state index in [1.54, 1.807) is 19.2 Å². The van der Waals surface area contributed by atoms with Gasteiger partial charge in [-0.05, 0) is 17.7 Å². The molecule has 0 fully saturated rings. The van der Waals surface area contributed by atoms with Crippen LogP contribution in [0.3, 0.4) is 0 Å². The van der Waals surface area contributed by atoms with Crippen molar-refractivity contribution in [1.82, 2.24) is 4.98 Å². The van der Waals surface area contributed by atoms with Gasteiger partial charge in [-0.15, -0.1) is 0 Å². The van der Waals surface area contributed by atoms with Crippen LogP contribution >= 0.6 is 11.6 Å². The van der Waals surface area contributed by atoms with Crippen molar-refractivity contribution in [3.8, 4) is 0 Å². The molecule has 1 aromatic heterocycles. The Bertz CT molecular complexity index is 616. The largest absolute Gasteiger partial charge is 0.361 e. The standard InChI is InChI=1S/C11H12ClNO2S/c1-2-16(14,15)7-8-6-13-10-5-3-4-9(12)11(8)10/h3-6,13H,2,7H2,1H3. The number of nitrogens with one attached hydrogen (secondary N) is 1. The Balaban J connectivity index is 2.54. The third-order valence-corrected chi connectivity index (χ3v) is 4.50. The summed E-state index contributed by atoms with van der Waals surface area (Å²) in [4.78, 5) is 3.03. The molecule has 0 saturated heterocycles. The summed E-state index contributed by atoms with van der Waals surface area (Å²) in [5.41, 5.74) is 1.61. The van der Waals surface area contributed by atoms with Gasteiger partial charge in [0.2, 0.25) is 0 Å². The smallest absolute Gasteiger partial charge is 0.154 e. The third kappa shape index (κ3) is 2.08. The van der Waals surface area contributed by atoms with Crippen LogP contribution in [0.2, 0.25) is 5.02 Å². The molecule has 0 atom stereocenters. The molecule has 3 nitrogen and oxygen atoms in total. The zero-order valence-corrected chi connectivity index (χ0v) is 10.4. The molecular weight excluding hydrogens is 246 g/mol. The molecule has 2 aromatic rings. The summed E-state index contributed by atoms with van der Waals surface area (Å²) >= 11 is 6.06. The van der Waals surface area contributed by atoms with Crippen molar-refractivity contribution in [2.45, 2.75) is 12.7 Å². The number of benzene rings is 1. The number of hydrogen-bond acceptors (Lipinski definition) is 2. The van der Waals surface area contributed by atoms with Crippen molar-refractivity contribution >= 4 is 32.3 Å². The minimum Gasteiger partial charge on any atom is -0.361 e. The highest BCUT2D eigenvalue weighted by Gasteiger charge is 2.14. The molecule has 86 valence electrons. The number of sulfone groups is 1. The molecule has 0 aliphatic carbocycles. The molecule has 2 rings (SSSR count). The van der Waals surface area contributed by atoms with E-state index < -0.39 is 9.84 Å². The third-order valence-electron chi connectivity index (χ3n) is 2.55. The van der Waals surface area contributed by atoms with Crippen LogP contribution in [-0.4, -0.2) is 19.2 Å². The molecule has 0 aliphatic rings. The van der Waals surface area contributed by atoms with Crippen LogP contribution in [0.25, 0.3) is 10.9 Å². The molecule has 0 radical (unpaired) electrons. The SMILES string of the molecule is CCS(=O)(=O)Cc1c[nH]c2cccc(Cl)c12. The van der Waals surface area contributed by atoms with Gasteiger partial charge in [-0.25, -0.2) is 8.42 Å². The second-order valence-electron chi connectivity index (χ2n) is 3.65. The summed E-state index contributed by atoms with van der Waals surface area (Å²) in [7, 11) is -3.03. The minimum absolute atomic E-state index is 0.0350. The molecule has 1 heterocycles.